The molecule has 12 heteroatoms. The Morgan fingerprint density at radius 3 is 2.20 bits per heavy atom. The van der Waals surface area contributed by atoms with E-state index in [2.05, 4.69) is 26.3 Å². The highest BCUT2D eigenvalue weighted by molar-refractivity contribution is 6.00. The summed E-state index contributed by atoms with van der Waals surface area (Å²) in [5.41, 5.74) is 3.23. The fourth-order valence-electron chi connectivity index (χ4n) is 3.81. The molecular formula is C29H31N5O7. The molecule has 1 atom stereocenters. The maximum atomic E-state index is 12.5. The molecule has 0 aliphatic carbocycles. The Morgan fingerprint density at radius 2 is 1.56 bits per heavy atom. The number of carboxylic acid groups (broad SMARTS) is 2. The van der Waals surface area contributed by atoms with E-state index < -0.39 is 23.8 Å². The molecule has 1 heterocycles. The predicted octanol–water partition coefficient (Wildman–Crippen LogP) is 3.75. The molecule has 0 spiro atoms. The Kier molecular flexibility index (Phi) is 10.9. The van der Waals surface area contributed by atoms with E-state index >= 15 is 0 Å². The van der Waals surface area contributed by atoms with Gasteiger partial charge in [-0.1, -0.05) is 36.4 Å². The van der Waals surface area contributed by atoms with E-state index in [1.807, 2.05) is 25.1 Å². The highest BCUT2D eigenvalue weighted by atomic mass is 16.4. The van der Waals surface area contributed by atoms with Crippen molar-refractivity contribution in [3.63, 3.8) is 0 Å². The number of carbonyl (C=O) groups is 5. The number of rotatable bonds is 13. The van der Waals surface area contributed by atoms with Crippen LogP contribution >= 0.6 is 0 Å². The van der Waals surface area contributed by atoms with Gasteiger partial charge in [-0.15, -0.1) is 0 Å². The van der Waals surface area contributed by atoms with Gasteiger partial charge in [-0.25, -0.2) is 9.78 Å². The number of carboxylic acids is 2. The number of aromatic nitrogens is 1. The minimum atomic E-state index is -1.17. The van der Waals surface area contributed by atoms with Crippen LogP contribution in [0.1, 0.15) is 41.9 Å². The SMILES string of the molecule is Cc1ccccc1NC(=O)Nc1ccc(CC(=O)Nc2ccc(C(CNC(=O)CCCC(=O)O)C(=O)O)cn2)cc1. The van der Waals surface area contributed by atoms with Crippen LogP contribution in [0.25, 0.3) is 0 Å². The molecular weight excluding hydrogens is 530 g/mol. The summed E-state index contributed by atoms with van der Waals surface area (Å²) >= 11 is 0. The van der Waals surface area contributed by atoms with E-state index in [0.717, 1.165) is 5.56 Å². The van der Waals surface area contributed by atoms with Gasteiger partial charge in [-0.05, 0) is 54.3 Å². The number of urea groups is 1. The van der Waals surface area contributed by atoms with Gasteiger partial charge in [-0.3, -0.25) is 19.2 Å². The van der Waals surface area contributed by atoms with E-state index in [1.54, 1.807) is 30.3 Å². The fraction of sp³-hybridized carbons (Fsp3) is 0.241. The Bertz CT molecular complexity index is 1390. The first-order valence-corrected chi connectivity index (χ1v) is 12.8. The smallest absolute Gasteiger partial charge is 0.323 e. The van der Waals surface area contributed by atoms with Crippen molar-refractivity contribution in [1.29, 1.82) is 0 Å². The van der Waals surface area contributed by atoms with Gasteiger partial charge < -0.3 is 31.5 Å². The molecule has 0 aliphatic rings. The van der Waals surface area contributed by atoms with Gasteiger partial charge in [0.25, 0.3) is 0 Å². The molecule has 214 valence electrons. The van der Waals surface area contributed by atoms with Crippen LogP contribution in [0.15, 0.2) is 66.9 Å². The monoisotopic (exact) mass is 561 g/mol. The predicted molar refractivity (Wildman–Crippen MR) is 152 cm³/mol. The number of hydrogen-bond acceptors (Lipinski definition) is 6. The van der Waals surface area contributed by atoms with Crippen molar-refractivity contribution < 1.29 is 34.2 Å². The lowest BCUT2D eigenvalue weighted by Crippen LogP contribution is -2.31. The number of hydrogen-bond donors (Lipinski definition) is 6. The topological polar surface area (TPSA) is 187 Å². The summed E-state index contributed by atoms with van der Waals surface area (Å²) < 4.78 is 0. The maximum Gasteiger partial charge on any atom is 0.323 e. The van der Waals surface area contributed by atoms with Crippen LogP contribution in [-0.2, 0) is 25.6 Å². The molecule has 3 rings (SSSR count). The van der Waals surface area contributed by atoms with E-state index in [4.69, 9.17) is 5.11 Å². The average Bonchev–Trinajstić information content (AvgIpc) is 2.91. The average molecular weight is 562 g/mol. The number of benzene rings is 2. The quantitative estimate of drug-likeness (QED) is 0.182. The summed E-state index contributed by atoms with van der Waals surface area (Å²) in [5.74, 6) is -3.80. The second-order valence-corrected chi connectivity index (χ2v) is 9.23. The number of nitrogens with zero attached hydrogens (tertiary/aromatic N) is 1. The first kappa shape index (κ1) is 30.3. The third-order valence-corrected chi connectivity index (χ3v) is 6.02. The molecule has 0 saturated heterocycles. The number of aryl methyl sites for hydroxylation is 1. The third kappa shape index (κ3) is 10.1. The Labute approximate surface area is 236 Å². The number of amides is 4. The van der Waals surface area contributed by atoms with Gasteiger partial charge in [0.1, 0.15) is 11.7 Å². The van der Waals surface area contributed by atoms with Crippen molar-refractivity contribution in [3.8, 4) is 0 Å². The van der Waals surface area contributed by atoms with E-state index in [1.165, 1.54) is 18.3 Å². The zero-order valence-corrected chi connectivity index (χ0v) is 22.3. The number of carbonyl (C=O) groups excluding carboxylic acids is 3. The van der Waals surface area contributed by atoms with E-state index in [0.29, 0.717) is 22.5 Å². The lowest BCUT2D eigenvalue weighted by molar-refractivity contribution is -0.139. The van der Waals surface area contributed by atoms with Crippen LogP contribution in [0.4, 0.5) is 22.0 Å². The van der Waals surface area contributed by atoms with Gasteiger partial charge in [0.2, 0.25) is 11.8 Å². The van der Waals surface area contributed by atoms with E-state index in [9.17, 15) is 29.1 Å². The number of nitrogens with one attached hydrogen (secondary N) is 4. The minimum Gasteiger partial charge on any atom is -0.481 e. The summed E-state index contributed by atoms with van der Waals surface area (Å²) in [5, 5.41) is 28.9. The van der Waals surface area contributed by atoms with Crippen molar-refractivity contribution in [2.45, 2.75) is 38.5 Å². The molecule has 2 aromatic carbocycles. The molecule has 0 saturated carbocycles. The standard InChI is InChI=1S/C29H31N5O7/c1-18-5-2-3-6-23(18)33-29(41)32-21-12-9-19(10-13-21)15-26(36)34-24-14-11-20(16-30-24)22(28(39)40)17-31-25(35)7-4-8-27(37)38/h2-3,5-6,9-14,16,22H,4,7-8,15,17H2,1H3,(H,31,35)(H,37,38)(H,39,40)(H,30,34,36)(H2,32,33,41). The molecule has 3 aromatic rings. The Morgan fingerprint density at radius 1 is 0.829 bits per heavy atom. The fourth-order valence-corrected chi connectivity index (χ4v) is 3.81. The maximum absolute atomic E-state index is 12.5. The first-order chi connectivity index (χ1) is 19.6. The van der Waals surface area contributed by atoms with Crippen LogP contribution in [0.3, 0.4) is 0 Å². The van der Waals surface area contributed by atoms with E-state index in [-0.39, 0.29) is 50.0 Å². The molecule has 6 N–H and O–H groups in total. The van der Waals surface area contributed by atoms with Crippen molar-refractivity contribution in [3.05, 3.63) is 83.6 Å². The van der Waals surface area contributed by atoms with Gasteiger partial charge >= 0.3 is 18.0 Å². The van der Waals surface area contributed by atoms with Crippen LogP contribution in [0.2, 0.25) is 0 Å². The summed E-state index contributed by atoms with van der Waals surface area (Å²) in [7, 11) is 0. The normalized spacial score (nSPS) is 11.1. The first-order valence-electron chi connectivity index (χ1n) is 12.8. The zero-order chi connectivity index (χ0) is 29.8. The molecule has 0 radical (unpaired) electrons. The Hall–Kier alpha value is -5.26. The second-order valence-electron chi connectivity index (χ2n) is 9.23. The highest BCUT2D eigenvalue weighted by Gasteiger charge is 2.21. The minimum absolute atomic E-state index is 0.0234. The summed E-state index contributed by atoms with van der Waals surface area (Å²) in [6.45, 7) is 1.71. The van der Waals surface area contributed by atoms with Crippen LogP contribution in [0, 0.1) is 6.92 Å². The second kappa shape index (κ2) is 14.8. The van der Waals surface area contributed by atoms with Crippen LogP contribution in [0.5, 0.6) is 0 Å². The molecule has 41 heavy (non-hydrogen) atoms. The number of para-hydroxylation sites is 1. The summed E-state index contributed by atoms with van der Waals surface area (Å²) in [6, 6.07) is 16.8. The van der Waals surface area contributed by atoms with Gasteiger partial charge in [0.15, 0.2) is 0 Å². The molecule has 0 bridgehead atoms. The molecule has 0 fully saturated rings. The summed E-state index contributed by atoms with van der Waals surface area (Å²) in [6.07, 6.45) is 1.34. The van der Waals surface area contributed by atoms with Crippen molar-refractivity contribution in [2.75, 3.05) is 22.5 Å². The van der Waals surface area contributed by atoms with Crippen molar-refractivity contribution in [2.24, 2.45) is 0 Å². The summed E-state index contributed by atoms with van der Waals surface area (Å²) in [4.78, 5) is 63.0. The third-order valence-electron chi connectivity index (χ3n) is 6.02. The number of pyridine rings is 1. The largest absolute Gasteiger partial charge is 0.481 e. The molecule has 0 aliphatic heterocycles. The van der Waals surface area contributed by atoms with Gasteiger partial charge in [0.05, 0.1) is 6.42 Å². The van der Waals surface area contributed by atoms with Crippen molar-refractivity contribution >= 4 is 47.0 Å². The van der Waals surface area contributed by atoms with Gasteiger partial charge in [-0.2, -0.15) is 0 Å². The lowest BCUT2D eigenvalue weighted by atomic mass is 10.0. The lowest BCUT2D eigenvalue weighted by Gasteiger charge is -2.14. The van der Waals surface area contributed by atoms with Crippen LogP contribution < -0.4 is 21.3 Å². The van der Waals surface area contributed by atoms with Crippen LogP contribution in [-0.4, -0.2) is 51.5 Å². The highest BCUT2D eigenvalue weighted by Crippen LogP contribution is 2.18. The molecule has 1 aromatic heterocycles. The Balaban J connectivity index is 1.48. The van der Waals surface area contributed by atoms with Gasteiger partial charge in [0, 0.05) is 37.0 Å². The number of aliphatic carboxylic acids is 2. The zero-order valence-electron chi connectivity index (χ0n) is 22.3. The number of anilines is 3. The molecule has 4 amide bonds. The molecule has 1 unspecified atom stereocenters. The van der Waals surface area contributed by atoms with Crippen molar-refractivity contribution in [1.82, 2.24) is 10.3 Å². The molecule has 12 nitrogen and oxygen atoms in total.